The number of aromatic nitrogens is 5. The Morgan fingerprint density at radius 1 is 1.25 bits per heavy atom. The van der Waals surface area contributed by atoms with Gasteiger partial charge in [-0.3, -0.25) is 0 Å². The van der Waals surface area contributed by atoms with Gasteiger partial charge in [-0.2, -0.15) is 5.10 Å². The maximum absolute atomic E-state index is 4.26. The fourth-order valence-corrected chi connectivity index (χ4v) is 1.98. The number of anilines is 1. The van der Waals surface area contributed by atoms with Crippen molar-refractivity contribution in [3.8, 4) is 0 Å². The van der Waals surface area contributed by atoms with Gasteiger partial charge in [0.15, 0.2) is 0 Å². The summed E-state index contributed by atoms with van der Waals surface area (Å²) < 4.78 is 1.80. The lowest BCUT2D eigenvalue weighted by Gasteiger charge is -2.07. The number of nitrogens with zero attached hydrogens (tertiary/aromatic N) is 4. The first-order valence-corrected chi connectivity index (χ1v) is 6.45. The zero-order valence-electron chi connectivity index (χ0n) is 11.2. The van der Waals surface area contributed by atoms with Crippen LogP contribution < -0.4 is 5.32 Å². The van der Waals surface area contributed by atoms with E-state index in [1.165, 1.54) is 5.56 Å². The summed E-state index contributed by atoms with van der Waals surface area (Å²) in [5.41, 5.74) is 4.41. The van der Waals surface area contributed by atoms with Gasteiger partial charge < -0.3 is 10.3 Å². The maximum Gasteiger partial charge on any atom is 0.137 e. The summed E-state index contributed by atoms with van der Waals surface area (Å²) >= 11 is 0. The third kappa shape index (κ3) is 2.85. The molecule has 6 heteroatoms. The van der Waals surface area contributed by atoms with Gasteiger partial charge in [0, 0.05) is 11.4 Å². The number of rotatable bonds is 5. The van der Waals surface area contributed by atoms with Gasteiger partial charge in [-0.15, -0.1) is 0 Å². The minimum Gasteiger partial charge on any atom is -0.379 e. The molecule has 0 amide bonds. The molecule has 102 valence electrons. The maximum atomic E-state index is 4.26. The van der Waals surface area contributed by atoms with Gasteiger partial charge in [0.05, 0.1) is 25.1 Å². The van der Waals surface area contributed by atoms with Crippen molar-refractivity contribution >= 4 is 5.69 Å². The Kier molecular flexibility index (Phi) is 3.45. The van der Waals surface area contributed by atoms with Crippen molar-refractivity contribution in [3.05, 3.63) is 60.2 Å². The highest BCUT2D eigenvalue weighted by atomic mass is 15.3. The molecule has 6 nitrogen and oxygen atoms in total. The van der Waals surface area contributed by atoms with Crippen molar-refractivity contribution < 1.29 is 0 Å². The van der Waals surface area contributed by atoms with E-state index < -0.39 is 0 Å². The zero-order valence-corrected chi connectivity index (χ0v) is 11.2. The number of benzene rings is 1. The molecule has 3 rings (SSSR count). The fraction of sp³-hybridized carbons (Fsp3) is 0.214. The third-order valence-corrected chi connectivity index (χ3v) is 3.16. The number of aryl methyl sites for hydroxylation is 1. The Morgan fingerprint density at radius 3 is 2.75 bits per heavy atom. The summed E-state index contributed by atoms with van der Waals surface area (Å²) in [6.07, 6.45) is 4.97. The van der Waals surface area contributed by atoms with E-state index in [0.717, 1.165) is 30.2 Å². The normalized spacial score (nSPS) is 10.7. The van der Waals surface area contributed by atoms with Crippen LogP contribution in [0, 0.1) is 6.92 Å². The number of hydrogen-bond donors (Lipinski definition) is 2. The molecule has 0 aliphatic heterocycles. The van der Waals surface area contributed by atoms with Gasteiger partial charge in [0.1, 0.15) is 12.7 Å². The smallest absolute Gasteiger partial charge is 0.137 e. The summed E-state index contributed by atoms with van der Waals surface area (Å²) in [5.74, 6) is 0. The molecule has 0 radical (unpaired) electrons. The average Bonchev–Trinajstić information content (AvgIpc) is 3.10. The number of nitrogens with one attached hydrogen (secondary N) is 2. The van der Waals surface area contributed by atoms with Crippen LogP contribution in [0.1, 0.15) is 17.0 Å². The van der Waals surface area contributed by atoms with Crippen LogP contribution in [0.5, 0.6) is 0 Å². The van der Waals surface area contributed by atoms with Crippen LogP contribution in [-0.2, 0) is 13.1 Å². The molecule has 0 atom stereocenters. The van der Waals surface area contributed by atoms with E-state index in [-0.39, 0.29) is 0 Å². The van der Waals surface area contributed by atoms with Crippen LogP contribution >= 0.6 is 0 Å². The first kappa shape index (κ1) is 12.4. The number of hydrogen-bond acceptors (Lipinski definition) is 4. The highest BCUT2D eigenvalue weighted by Crippen LogP contribution is 2.12. The summed E-state index contributed by atoms with van der Waals surface area (Å²) in [6, 6.07) is 8.30. The average molecular weight is 268 g/mol. The second-order valence-electron chi connectivity index (χ2n) is 4.62. The molecule has 2 N–H and O–H groups in total. The summed E-state index contributed by atoms with van der Waals surface area (Å²) in [6.45, 7) is 3.47. The molecule has 2 heterocycles. The fourth-order valence-electron chi connectivity index (χ4n) is 1.98. The molecule has 1 aromatic carbocycles. The van der Waals surface area contributed by atoms with Crippen LogP contribution in [0.2, 0.25) is 0 Å². The van der Waals surface area contributed by atoms with Gasteiger partial charge in [-0.25, -0.2) is 14.6 Å². The van der Waals surface area contributed by atoms with Crippen LogP contribution in [0.4, 0.5) is 5.69 Å². The van der Waals surface area contributed by atoms with E-state index in [0.29, 0.717) is 0 Å². The van der Waals surface area contributed by atoms with E-state index in [1.807, 2.05) is 6.92 Å². The number of aromatic amines is 1. The number of H-pyrrole nitrogens is 1. The molecule has 0 bridgehead atoms. The Hall–Kier alpha value is -2.63. The molecule has 20 heavy (non-hydrogen) atoms. The first-order valence-electron chi connectivity index (χ1n) is 6.45. The molecule has 2 aromatic heterocycles. The second-order valence-corrected chi connectivity index (χ2v) is 4.62. The Morgan fingerprint density at radius 2 is 2.10 bits per heavy atom. The molecule has 0 unspecified atom stereocenters. The van der Waals surface area contributed by atoms with Crippen molar-refractivity contribution in [3.63, 3.8) is 0 Å². The zero-order chi connectivity index (χ0) is 13.8. The van der Waals surface area contributed by atoms with Gasteiger partial charge in [0.25, 0.3) is 0 Å². The predicted octanol–water partition coefficient (Wildman–Crippen LogP) is 1.97. The summed E-state index contributed by atoms with van der Waals surface area (Å²) in [4.78, 5) is 11.3. The van der Waals surface area contributed by atoms with Crippen molar-refractivity contribution in [1.29, 1.82) is 0 Å². The largest absolute Gasteiger partial charge is 0.379 e. The standard InChI is InChI=1S/C14H16N6/c1-11-14(18-9-17-11)6-16-13-4-2-12(3-5-13)7-20-10-15-8-19-20/h2-5,8-10,16H,6-7H2,1H3,(H,17,18). The molecule has 0 saturated carbocycles. The minimum atomic E-state index is 0.720. The van der Waals surface area contributed by atoms with E-state index >= 15 is 0 Å². The lowest BCUT2D eigenvalue weighted by atomic mass is 10.2. The molecular weight excluding hydrogens is 252 g/mol. The van der Waals surface area contributed by atoms with E-state index in [9.17, 15) is 0 Å². The van der Waals surface area contributed by atoms with Crippen LogP contribution in [-0.4, -0.2) is 24.7 Å². The van der Waals surface area contributed by atoms with Gasteiger partial charge >= 0.3 is 0 Å². The Balaban J connectivity index is 1.60. The van der Waals surface area contributed by atoms with Gasteiger partial charge in [-0.05, 0) is 24.6 Å². The molecular formula is C14H16N6. The quantitative estimate of drug-likeness (QED) is 0.742. The molecule has 0 aliphatic rings. The van der Waals surface area contributed by atoms with Gasteiger partial charge in [-0.1, -0.05) is 12.1 Å². The third-order valence-electron chi connectivity index (χ3n) is 3.16. The topological polar surface area (TPSA) is 71.4 Å². The number of imidazole rings is 1. The molecule has 0 fully saturated rings. The lowest BCUT2D eigenvalue weighted by molar-refractivity contribution is 0.685. The van der Waals surface area contributed by atoms with E-state index in [1.54, 1.807) is 23.7 Å². The van der Waals surface area contributed by atoms with Crippen molar-refractivity contribution in [2.24, 2.45) is 0 Å². The highest BCUT2D eigenvalue weighted by molar-refractivity contribution is 5.45. The molecule has 0 saturated heterocycles. The van der Waals surface area contributed by atoms with Crippen molar-refractivity contribution in [1.82, 2.24) is 24.7 Å². The minimum absolute atomic E-state index is 0.720. The van der Waals surface area contributed by atoms with Crippen molar-refractivity contribution in [2.45, 2.75) is 20.0 Å². The lowest BCUT2D eigenvalue weighted by Crippen LogP contribution is -2.02. The van der Waals surface area contributed by atoms with Gasteiger partial charge in [0.2, 0.25) is 0 Å². The van der Waals surface area contributed by atoms with Crippen LogP contribution in [0.15, 0.2) is 43.2 Å². The first-order chi connectivity index (χ1) is 9.81. The van der Waals surface area contributed by atoms with E-state index in [2.05, 4.69) is 49.6 Å². The second kappa shape index (κ2) is 5.56. The monoisotopic (exact) mass is 268 g/mol. The Bertz CT molecular complexity index is 653. The summed E-state index contributed by atoms with van der Waals surface area (Å²) in [7, 11) is 0. The SMILES string of the molecule is Cc1[nH]cnc1CNc1ccc(Cn2cncn2)cc1. The van der Waals surface area contributed by atoms with Crippen LogP contribution in [0.3, 0.4) is 0 Å². The predicted molar refractivity (Wildman–Crippen MR) is 76.2 cm³/mol. The highest BCUT2D eigenvalue weighted by Gasteiger charge is 2.01. The van der Waals surface area contributed by atoms with Crippen LogP contribution in [0.25, 0.3) is 0 Å². The summed E-state index contributed by atoms with van der Waals surface area (Å²) in [5, 5.41) is 7.45. The van der Waals surface area contributed by atoms with Crippen molar-refractivity contribution in [2.75, 3.05) is 5.32 Å². The molecule has 0 aliphatic carbocycles. The molecule has 3 aromatic rings. The molecule has 0 spiro atoms. The van der Waals surface area contributed by atoms with E-state index in [4.69, 9.17) is 0 Å². The Labute approximate surface area is 116 Å².